The molecule has 5 rings (SSSR count). The number of rotatable bonds is 7. The second-order valence-electron chi connectivity index (χ2n) is 7.84. The minimum Gasteiger partial charge on any atom is -0.486 e. The number of hydrogen-bond donors (Lipinski definition) is 0. The Balaban J connectivity index is 1.32. The first-order valence-electron chi connectivity index (χ1n) is 10.8. The Morgan fingerprint density at radius 2 is 1.71 bits per heavy atom. The van der Waals surface area contributed by atoms with Crippen LogP contribution >= 0.6 is 0 Å². The smallest absolute Gasteiger partial charge is 0.203 e. The summed E-state index contributed by atoms with van der Waals surface area (Å²) in [6.07, 6.45) is 8.92. The van der Waals surface area contributed by atoms with Gasteiger partial charge in [0.25, 0.3) is 0 Å². The van der Waals surface area contributed by atoms with Gasteiger partial charge in [-0.3, -0.25) is 9.48 Å². The highest BCUT2D eigenvalue weighted by molar-refractivity contribution is 5.56. The average molecular weight is 451 g/mol. The average Bonchev–Trinajstić information content (AvgIpc) is 3.31. The van der Waals surface area contributed by atoms with E-state index < -0.39 is 0 Å². The van der Waals surface area contributed by atoms with E-state index in [9.17, 15) is 4.79 Å². The topological polar surface area (TPSA) is 87.7 Å². The predicted octanol–water partition coefficient (Wildman–Crippen LogP) is 3.59. The molecule has 0 aliphatic rings. The second kappa shape index (κ2) is 9.50. The molecule has 0 aliphatic heterocycles. The minimum atomic E-state index is -0.110. The van der Waals surface area contributed by atoms with Crippen LogP contribution in [-0.4, -0.2) is 29.5 Å². The lowest BCUT2D eigenvalue weighted by atomic mass is 10.1. The lowest BCUT2D eigenvalue weighted by molar-refractivity contribution is 0.303. The summed E-state index contributed by atoms with van der Waals surface area (Å²) in [5.74, 6) is 1.19. The van der Waals surface area contributed by atoms with E-state index in [4.69, 9.17) is 4.74 Å². The van der Waals surface area contributed by atoms with Crippen LogP contribution in [0.5, 0.6) is 5.75 Å². The van der Waals surface area contributed by atoms with Crippen molar-refractivity contribution in [1.29, 1.82) is 0 Å². The molecule has 2 aromatic carbocycles. The van der Waals surface area contributed by atoms with Crippen LogP contribution in [0.25, 0.3) is 17.1 Å². The van der Waals surface area contributed by atoms with E-state index in [1.165, 1.54) is 6.07 Å². The van der Waals surface area contributed by atoms with Gasteiger partial charge in [0.15, 0.2) is 11.6 Å². The molecule has 0 unspecified atom stereocenters. The van der Waals surface area contributed by atoms with Gasteiger partial charge in [0.1, 0.15) is 18.0 Å². The van der Waals surface area contributed by atoms with Crippen LogP contribution < -0.4 is 10.2 Å². The van der Waals surface area contributed by atoms with Gasteiger partial charge in [0, 0.05) is 31.3 Å². The minimum absolute atomic E-state index is 0.110. The lowest BCUT2D eigenvalue weighted by Gasteiger charge is -2.08. The van der Waals surface area contributed by atoms with Gasteiger partial charge in [-0.05, 0) is 17.2 Å². The molecule has 8 heteroatoms. The maximum atomic E-state index is 12.4. The number of benzene rings is 2. The van der Waals surface area contributed by atoms with Crippen molar-refractivity contribution in [2.24, 2.45) is 7.05 Å². The Kier molecular flexibility index (Phi) is 5.94. The van der Waals surface area contributed by atoms with Crippen molar-refractivity contribution in [3.8, 4) is 22.8 Å². The van der Waals surface area contributed by atoms with Crippen LogP contribution in [-0.2, 0) is 20.1 Å². The summed E-state index contributed by atoms with van der Waals surface area (Å²) in [6.45, 7) is 0.458. The summed E-state index contributed by atoms with van der Waals surface area (Å²) < 4.78 is 9.12. The quantitative estimate of drug-likeness (QED) is 0.377. The highest BCUT2D eigenvalue weighted by atomic mass is 16.5. The summed E-state index contributed by atoms with van der Waals surface area (Å²) in [5, 5.41) is 8.68. The van der Waals surface area contributed by atoms with E-state index >= 15 is 0 Å². The molecule has 0 saturated heterocycles. The van der Waals surface area contributed by atoms with Crippen molar-refractivity contribution in [2.75, 3.05) is 0 Å². The number of nitrogens with zero attached hydrogens (tertiary/aromatic N) is 6. The van der Waals surface area contributed by atoms with Gasteiger partial charge in [0.2, 0.25) is 5.43 Å². The number of aryl methyl sites for hydroxylation is 1. The van der Waals surface area contributed by atoms with Gasteiger partial charge in [-0.1, -0.05) is 48.5 Å². The summed E-state index contributed by atoms with van der Waals surface area (Å²) in [4.78, 5) is 21.3. The van der Waals surface area contributed by atoms with Crippen molar-refractivity contribution >= 4 is 0 Å². The Bertz CT molecular complexity index is 1460. The van der Waals surface area contributed by atoms with Crippen LogP contribution in [0.4, 0.5) is 0 Å². The van der Waals surface area contributed by atoms with E-state index in [1.54, 1.807) is 34.2 Å². The van der Waals surface area contributed by atoms with Crippen molar-refractivity contribution in [1.82, 2.24) is 29.5 Å². The van der Waals surface area contributed by atoms with Gasteiger partial charge < -0.3 is 4.74 Å². The third-order valence-corrected chi connectivity index (χ3v) is 5.27. The van der Waals surface area contributed by atoms with Crippen LogP contribution in [0.15, 0.2) is 96.4 Å². The zero-order valence-electron chi connectivity index (χ0n) is 18.6. The fourth-order valence-corrected chi connectivity index (χ4v) is 3.53. The molecule has 168 valence electrons. The first-order valence-corrected chi connectivity index (χ1v) is 10.8. The SMILES string of the molecule is Cn1cc(-n2ccc(=O)c(Cc3cccc(-c4ncc(OCc5ccccc5)cn4)c3)n2)cn1. The molecule has 34 heavy (non-hydrogen) atoms. The Morgan fingerprint density at radius 1 is 0.912 bits per heavy atom. The monoisotopic (exact) mass is 450 g/mol. The fraction of sp³-hybridized carbons (Fsp3) is 0.115. The summed E-state index contributed by atoms with van der Waals surface area (Å²) in [6, 6.07) is 19.3. The fourth-order valence-electron chi connectivity index (χ4n) is 3.53. The molecular formula is C26H22N6O2. The summed E-state index contributed by atoms with van der Waals surface area (Å²) >= 11 is 0. The van der Waals surface area contributed by atoms with Gasteiger partial charge in [-0.2, -0.15) is 10.2 Å². The molecule has 0 radical (unpaired) electrons. The molecule has 3 heterocycles. The maximum Gasteiger partial charge on any atom is 0.203 e. The molecule has 0 bridgehead atoms. The van der Waals surface area contributed by atoms with Gasteiger partial charge in [-0.25, -0.2) is 14.6 Å². The normalized spacial score (nSPS) is 10.9. The lowest BCUT2D eigenvalue weighted by Crippen LogP contribution is -2.16. The third-order valence-electron chi connectivity index (χ3n) is 5.27. The standard InChI is InChI=1S/C26H22N6O2/c1-31-17-22(14-29-31)32-11-10-25(33)24(30-32)13-20-8-5-9-21(12-20)26-27-15-23(16-28-26)34-18-19-6-3-2-4-7-19/h2-12,14-17H,13,18H2,1H3. The van der Waals surface area contributed by atoms with Crippen molar-refractivity contribution in [2.45, 2.75) is 13.0 Å². The number of aromatic nitrogens is 6. The first kappa shape index (κ1) is 21.3. The molecule has 0 N–H and O–H groups in total. The van der Waals surface area contributed by atoms with Crippen LogP contribution in [0, 0.1) is 0 Å². The zero-order valence-corrected chi connectivity index (χ0v) is 18.6. The van der Waals surface area contributed by atoms with E-state index in [-0.39, 0.29) is 5.43 Å². The van der Waals surface area contributed by atoms with Crippen molar-refractivity contribution < 1.29 is 4.74 Å². The maximum absolute atomic E-state index is 12.4. The van der Waals surface area contributed by atoms with Gasteiger partial charge in [0.05, 0.1) is 24.8 Å². The van der Waals surface area contributed by atoms with Crippen LogP contribution in [0.1, 0.15) is 16.8 Å². The molecule has 0 spiro atoms. The highest BCUT2D eigenvalue weighted by Gasteiger charge is 2.09. The van der Waals surface area contributed by atoms with Crippen molar-refractivity contribution in [3.05, 3.63) is 119 Å². The van der Waals surface area contributed by atoms with Crippen molar-refractivity contribution in [3.63, 3.8) is 0 Å². The second-order valence-corrected chi connectivity index (χ2v) is 7.84. The molecule has 8 nitrogen and oxygen atoms in total. The summed E-state index contributed by atoms with van der Waals surface area (Å²) in [5.41, 5.74) is 4.02. The largest absolute Gasteiger partial charge is 0.486 e. The van der Waals surface area contributed by atoms with E-state index in [0.29, 0.717) is 30.3 Å². The molecule has 0 saturated carbocycles. The van der Waals surface area contributed by atoms with E-state index in [1.807, 2.05) is 67.8 Å². The zero-order chi connectivity index (χ0) is 23.3. The first-order chi connectivity index (χ1) is 16.6. The van der Waals surface area contributed by atoms with Gasteiger partial charge >= 0.3 is 0 Å². The van der Waals surface area contributed by atoms with E-state index in [2.05, 4.69) is 20.2 Å². The molecule has 0 fully saturated rings. The number of ether oxygens (including phenoxy) is 1. The van der Waals surface area contributed by atoms with E-state index in [0.717, 1.165) is 22.4 Å². The third kappa shape index (κ3) is 4.91. The van der Waals surface area contributed by atoms with Crippen LogP contribution in [0.2, 0.25) is 0 Å². The molecule has 0 amide bonds. The Morgan fingerprint density at radius 3 is 2.47 bits per heavy atom. The molecule has 3 aromatic heterocycles. The Hall–Kier alpha value is -4.59. The summed E-state index contributed by atoms with van der Waals surface area (Å²) in [7, 11) is 1.84. The molecule has 0 atom stereocenters. The molecule has 5 aromatic rings. The predicted molar refractivity (Wildman–Crippen MR) is 128 cm³/mol. The molecular weight excluding hydrogens is 428 g/mol. The molecule has 0 aliphatic carbocycles. The van der Waals surface area contributed by atoms with Gasteiger partial charge in [-0.15, -0.1) is 0 Å². The van der Waals surface area contributed by atoms with Crippen LogP contribution in [0.3, 0.4) is 0 Å². The highest BCUT2D eigenvalue weighted by Crippen LogP contribution is 2.19. The Labute approximate surface area is 196 Å². The number of hydrogen-bond acceptors (Lipinski definition) is 6.